The summed E-state index contributed by atoms with van der Waals surface area (Å²) in [6.45, 7) is 5.19. The van der Waals surface area contributed by atoms with E-state index in [0.717, 1.165) is 28.6 Å². The molecule has 0 spiro atoms. The molecule has 1 aromatic carbocycles. The summed E-state index contributed by atoms with van der Waals surface area (Å²) in [7, 11) is 0. The average molecular weight is 284 g/mol. The molecule has 1 aliphatic heterocycles. The van der Waals surface area contributed by atoms with Gasteiger partial charge in [0, 0.05) is 10.5 Å². The summed E-state index contributed by atoms with van der Waals surface area (Å²) in [4.78, 5) is 0. The number of phenolic OH excluding ortho intramolecular Hbond substituents is 1. The van der Waals surface area contributed by atoms with Gasteiger partial charge in [0.15, 0.2) is 0 Å². The number of halogens is 1. The Kier molecular flexibility index (Phi) is 3.55. The molecule has 1 aliphatic rings. The van der Waals surface area contributed by atoms with Gasteiger partial charge < -0.3 is 10.4 Å². The van der Waals surface area contributed by atoms with Crippen LogP contribution in [0.3, 0.4) is 0 Å². The zero-order chi connectivity index (χ0) is 11.7. The van der Waals surface area contributed by atoms with Crippen molar-refractivity contribution in [1.82, 2.24) is 5.32 Å². The van der Waals surface area contributed by atoms with Crippen LogP contribution in [0.4, 0.5) is 0 Å². The predicted octanol–water partition coefficient (Wildman–Crippen LogP) is 3.07. The van der Waals surface area contributed by atoms with Crippen LogP contribution in [0.1, 0.15) is 29.5 Å². The number of hydrogen-bond acceptors (Lipinski definition) is 2. The molecule has 0 aromatic heterocycles. The zero-order valence-electron chi connectivity index (χ0n) is 9.81. The first-order chi connectivity index (χ1) is 7.59. The van der Waals surface area contributed by atoms with Gasteiger partial charge in [-0.3, -0.25) is 0 Å². The first-order valence-electron chi connectivity index (χ1n) is 5.80. The second kappa shape index (κ2) is 4.76. The van der Waals surface area contributed by atoms with Crippen molar-refractivity contribution in [2.75, 3.05) is 6.54 Å². The third-order valence-corrected chi connectivity index (χ3v) is 4.62. The molecule has 2 nitrogen and oxygen atoms in total. The second-order valence-electron chi connectivity index (χ2n) is 4.63. The molecule has 0 bridgehead atoms. The predicted molar refractivity (Wildman–Crippen MR) is 70.0 cm³/mol. The number of benzene rings is 1. The molecule has 1 atom stereocenters. The van der Waals surface area contributed by atoms with E-state index in [1.165, 1.54) is 18.4 Å². The van der Waals surface area contributed by atoms with Gasteiger partial charge in [0.1, 0.15) is 5.75 Å². The van der Waals surface area contributed by atoms with Gasteiger partial charge in [-0.05, 0) is 62.4 Å². The van der Waals surface area contributed by atoms with E-state index in [4.69, 9.17) is 0 Å². The van der Waals surface area contributed by atoms with Crippen LogP contribution < -0.4 is 5.32 Å². The Balaban J connectivity index is 2.28. The Morgan fingerprint density at radius 1 is 1.50 bits per heavy atom. The summed E-state index contributed by atoms with van der Waals surface area (Å²) in [6, 6.07) is 2.38. The molecule has 1 heterocycles. The zero-order valence-corrected chi connectivity index (χ0v) is 11.4. The maximum absolute atomic E-state index is 10.0. The Morgan fingerprint density at radius 3 is 2.88 bits per heavy atom. The molecular weight excluding hydrogens is 266 g/mol. The highest BCUT2D eigenvalue weighted by Crippen LogP contribution is 2.32. The fourth-order valence-corrected chi connectivity index (χ4v) is 2.76. The minimum atomic E-state index is 0.437. The lowest BCUT2D eigenvalue weighted by Crippen LogP contribution is -2.24. The van der Waals surface area contributed by atoms with Gasteiger partial charge in [0.05, 0.1) is 0 Å². The standard InChI is InChI=1S/C13H18BrNO/c1-8-6-12(16)11(9(2)13(8)14)7-10-4-3-5-15-10/h6,10,15-16H,3-5,7H2,1-2H3. The second-order valence-corrected chi connectivity index (χ2v) is 5.42. The molecule has 1 aromatic rings. The van der Waals surface area contributed by atoms with E-state index in [9.17, 15) is 5.11 Å². The van der Waals surface area contributed by atoms with Crippen LogP contribution >= 0.6 is 15.9 Å². The fraction of sp³-hybridized carbons (Fsp3) is 0.538. The van der Waals surface area contributed by atoms with Gasteiger partial charge in [-0.25, -0.2) is 0 Å². The number of nitrogens with one attached hydrogen (secondary N) is 1. The number of phenols is 1. The van der Waals surface area contributed by atoms with Gasteiger partial charge in [0.2, 0.25) is 0 Å². The molecule has 1 saturated heterocycles. The van der Waals surface area contributed by atoms with Crippen molar-refractivity contribution < 1.29 is 5.11 Å². The summed E-state index contributed by atoms with van der Waals surface area (Å²) >= 11 is 3.58. The van der Waals surface area contributed by atoms with Crippen molar-refractivity contribution in [3.8, 4) is 5.75 Å². The van der Waals surface area contributed by atoms with Gasteiger partial charge in [-0.1, -0.05) is 15.9 Å². The molecule has 88 valence electrons. The van der Waals surface area contributed by atoms with E-state index in [-0.39, 0.29) is 0 Å². The van der Waals surface area contributed by atoms with Crippen molar-refractivity contribution in [2.24, 2.45) is 0 Å². The number of rotatable bonds is 2. The molecule has 2 rings (SSSR count). The van der Waals surface area contributed by atoms with E-state index in [1.54, 1.807) is 0 Å². The highest BCUT2D eigenvalue weighted by molar-refractivity contribution is 9.10. The third-order valence-electron chi connectivity index (χ3n) is 3.40. The Bertz CT molecular complexity index is 397. The fourth-order valence-electron chi connectivity index (χ4n) is 2.41. The van der Waals surface area contributed by atoms with E-state index in [1.807, 2.05) is 13.0 Å². The van der Waals surface area contributed by atoms with Gasteiger partial charge in [0.25, 0.3) is 0 Å². The Hall–Kier alpha value is -0.540. The van der Waals surface area contributed by atoms with Crippen LogP contribution in [0.5, 0.6) is 5.75 Å². The van der Waals surface area contributed by atoms with Crippen molar-refractivity contribution >= 4 is 15.9 Å². The average Bonchev–Trinajstić information content (AvgIpc) is 2.74. The van der Waals surface area contributed by atoms with E-state index >= 15 is 0 Å². The molecule has 1 unspecified atom stereocenters. The molecule has 3 heteroatoms. The summed E-state index contributed by atoms with van der Waals surface area (Å²) in [5.74, 6) is 0.437. The Labute approximate surface area is 105 Å². The highest BCUT2D eigenvalue weighted by atomic mass is 79.9. The molecule has 0 aliphatic carbocycles. The highest BCUT2D eigenvalue weighted by Gasteiger charge is 2.19. The summed E-state index contributed by atoms with van der Waals surface area (Å²) in [6.07, 6.45) is 3.39. The van der Waals surface area contributed by atoms with Crippen molar-refractivity contribution in [1.29, 1.82) is 0 Å². The SMILES string of the molecule is Cc1cc(O)c(CC2CCCN2)c(C)c1Br. The van der Waals surface area contributed by atoms with Crippen LogP contribution in [0.2, 0.25) is 0 Å². The van der Waals surface area contributed by atoms with E-state index in [2.05, 4.69) is 28.2 Å². The number of hydrogen-bond donors (Lipinski definition) is 2. The summed E-state index contributed by atoms with van der Waals surface area (Å²) in [5.41, 5.74) is 3.35. The van der Waals surface area contributed by atoms with Crippen LogP contribution in [-0.4, -0.2) is 17.7 Å². The van der Waals surface area contributed by atoms with Crippen molar-refractivity contribution in [3.63, 3.8) is 0 Å². The number of aromatic hydroxyl groups is 1. The quantitative estimate of drug-likeness (QED) is 0.874. The summed E-state index contributed by atoms with van der Waals surface area (Å²) in [5, 5.41) is 13.5. The van der Waals surface area contributed by atoms with E-state index < -0.39 is 0 Å². The van der Waals surface area contributed by atoms with Gasteiger partial charge in [-0.15, -0.1) is 0 Å². The minimum absolute atomic E-state index is 0.437. The lowest BCUT2D eigenvalue weighted by atomic mass is 9.97. The van der Waals surface area contributed by atoms with Gasteiger partial charge >= 0.3 is 0 Å². The van der Waals surface area contributed by atoms with Crippen LogP contribution in [-0.2, 0) is 6.42 Å². The Morgan fingerprint density at radius 2 is 2.25 bits per heavy atom. The molecule has 0 radical (unpaired) electrons. The molecule has 1 fully saturated rings. The maximum Gasteiger partial charge on any atom is 0.119 e. The maximum atomic E-state index is 10.0. The van der Waals surface area contributed by atoms with Crippen LogP contribution in [0, 0.1) is 13.8 Å². The normalized spacial score (nSPS) is 20.3. The third kappa shape index (κ3) is 2.25. The number of aryl methyl sites for hydroxylation is 1. The lowest BCUT2D eigenvalue weighted by Gasteiger charge is -2.16. The first-order valence-corrected chi connectivity index (χ1v) is 6.60. The minimum Gasteiger partial charge on any atom is -0.508 e. The molecule has 16 heavy (non-hydrogen) atoms. The van der Waals surface area contributed by atoms with Crippen molar-refractivity contribution in [2.45, 2.75) is 39.2 Å². The smallest absolute Gasteiger partial charge is 0.119 e. The molecule has 0 saturated carbocycles. The monoisotopic (exact) mass is 283 g/mol. The van der Waals surface area contributed by atoms with Gasteiger partial charge in [-0.2, -0.15) is 0 Å². The first kappa shape index (κ1) is 11.9. The van der Waals surface area contributed by atoms with Crippen molar-refractivity contribution in [3.05, 3.63) is 27.2 Å². The summed E-state index contributed by atoms with van der Waals surface area (Å²) < 4.78 is 1.12. The van der Waals surface area contributed by atoms with E-state index in [0.29, 0.717) is 11.8 Å². The largest absolute Gasteiger partial charge is 0.508 e. The lowest BCUT2D eigenvalue weighted by molar-refractivity contribution is 0.460. The molecule has 0 amide bonds. The molecule has 2 N–H and O–H groups in total. The van der Waals surface area contributed by atoms with Crippen LogP contribution in [0.25, 0.3) is 0 Å². The van der Waals surface area contributed by atoms with Crippen LogP contribution in [0.15, 0.2) is 10.5 Å². The molecular formula is C13H18BrNO. The topological polar surface area (TPSA) is 32.3 Å².